The molecule has 1 amide bonds. The Morgan fingerprint density at radius 1 is 1.14 bits per heavy atom. The summed E-state index contributed by atoms with van der Waals surface area (Å²) in [6, 6.07) is 15.7. The van der Waals surface area contributed by atoms with Crippen molar-refractivity contribution in [3.05, 3.63) is 59.1 Å². The van der Waals surface area contributed by atoms with E-state index in [0.29, 0.717) is 18.1 Å². The van der Waals surface area contributed by atoms with Crippen LogP contribution in [0.5, 0.6) is 0 Å². The van der Waals surface area contributed by atoms with Crippen LogP contribution in [0.2, 0.25) is 5.02 Å². The van der Waals surface area contributed by atoms with E-state index >= 15 is 0 Å². The van der Waals surface area contributed by atoms with Crippen LogP contribution in [0.4, 0.5) is 5.69 Å². The second-order valence-electron chi connectivity index (χ2n) is 5.35. The number of nitrogens with one attached hydrogen (secondary N) is 1. The fourth-order valence-corrected chi connectivity index (χ4v) is 3.18. The maximum absolute atomic E-state index is 11.9. The van der Waals surface area contributed by atoms with E-state index in [1.54, 1.807) is 11.8 Å². The fraction of sp³-hybridized carbons (Fsp3) is 0.278. The average molecular weight is 334 g/mol. The summed E-state index contributed by atoms with van der Waals surface area (Å²) in [5, 5.41) is 3.66. The smallest absolute Gasteiger partial charge is 0.225 e. The van der Waals surface area contributed by atoms with Crippen LogP contribution in [0, 0.1) is 0 Å². The summed E-state index contributed by atoms with van der Waals surface area (Å²) < 4.78 is 0. The van der Waals surface area contributed by atoms with Crippen molar-refractivity contribution in [2.24, 2.45) is 0 Å². The van der Waals surface area contributed by atoms with Gasteiger partial charge in [0.25, 0.3) is 0 Å². The van der Waals surface area contributed by atoms with E-state index in [4.69, 9.17) is 11.6 Å². The minimum absolute atomic E-state index is 0.0249. The highest BCUT2D eigenvalue weighted by Gasteiger charge is 2.05. The van der Waals surface area contributed by atoms with Gasteiger partial charge in [-0.25, -0.2) is 0 Å². The molecule has 0 fully saturated rings. The number of hydrogen-bond donors (Lipinski definition) is 1. The highest BCUT2D eigenvalue weighted by Crippen LogP contribution is 2.27. The summed E-state index contributed by atoms with van der Waals surface area (Å²) >= 11 is 7.69. The number of halogens is 1. The lowest BCUT2D eigenvalue weighted by molar-refractivity contribution is -0.115. The topological polar surface area (TPSA) is 29.1 Å². The maximum Gasteiger partial charge on any atom is 0.225 e. The van der Waals surface area contributed by atoms with Gasteiger partial charge in [0.15, 0.2) is 0 Å². The van der Waals surface area contributed by atoms with Gasteiger partial charge in [-0.2, -0.15) is 0 Å². The van der Waals surface area contributed by atoms with Gasteiger partial charge in [-0.15, -0.1) is 11.8 Å². The van der Waals surface area contributed by atoms with E-state index in [9.17, 15) is 4.79 Å². The third-order valence-electron chi connectivity index (χ3n) is 3.28. The molecule has 0 aliphatic rings. The summed E-state index contributed by atoms with van der Waals surface area (Å²) in [6.07, 6.45) is 0.460. The van der Waals surface area contributed by atoms with Gasteiger partial charge >= 0.3 is 0 Å². The predicted molar refractivity (Wildman–Crippen MR) is 96.0 cm³/mol. The average Bonchev–Trinajstić information content (AvgIpc) is 2.50. The van der Waals surface area contributed by atoms with E-state index in [2.05, 4.69) is 31.3 Å². The Morgan fingerprint density at radius 2 is 1.82 bits per heavy atom. The van der Waals surface area contributed by atoms with Gasteiger partial charge in [0.2, 0.25) is 5.91 Å². The van der Waals surface area contributed by atoms with E-state index in [1.807, 2.05) is 36.4 Å². The molecule has 2 nitrogen and oxygen atoms in total. The van der Waals surface area contributed by atoms with Crippen molar-refractivity contribution in [3.63, 3.8) is 0 Å². The van der Waals surface area contributed by atoms with Crippen LogP contribution in [0.15, 0.2) is 53.4 Å². The van der Waals surface area contributed by atoms with Crippen LogP contribution < -0.4 is 5.32 Å². The lowest BCUT2D eigenvalue weighted by Crippen LogP contribution is -2.12. The Bertz CT molecular complexity index is 625. The molecule has 22 heavy (non-hydrogen) atoms. The van der Waals surface area contributed by atoms with Crippen molar-refractivity contribution in [1.82, 2.24) is 0 Å². The summed E-state index contributed by atoms with van der Waals surface area (Å²) in [5.41, 5.74) is 2.12. The van der Waals surface area contributed by atoms with Crippen LogP contribution >= 0.6 is 23.4 Å². The van der Waals surface area contributed by atoms with Gasteiger partial charge < -0.3 is 5.32 Å². The molecule has 2 aromatic rings. The number of carbonyl (C=O) groups excluding carboxylic acids is 1. The quantitative estimate of drug-likeness (QED) is 0.699. The van der Waals surface area contributed by atoms with Gasteiger partial charge in [0.05, 0.1) is 5.02 Å². The fourth-order valence-electron chi connectivity index (χ4n) is 1.99. The number of carbonyl (C=O) groups is 1. The first-order valence-corrected chi connectivity index (χ1v) is 8.70. The zero-order chi connectivity index (χ0) is 15.9. The molecule has 1 N–H and O–H groups in total. The monoisotopic (exact) mass is 333 g/mol. The van der Waals surface area contributed by atoms with Crippen molar-refractivity contribution in [1.29, 1.82) is 0 Å². The molecule has 0 heterocycles. The van der Waals surface area contributed by atoms with Crippen LogP contribution in [-0.4, -0.2) is 11.7 Å². The molecule has 2 rings (SSSR count). The zero-order valence-corrected chi connectivity index (χ0v) is 14.4. The molecule has 116 valence electrons. The van der Waals surface area contributed by atoms with Crippen molar-refractivity contribution in [2.75, 3.05) is 11.1 Å². The summed E-state index contributed by atoms with van der Waals surface area (Å²) in [6.45, 7) is 4.30. The molecule has 0 spiro atoms. The van der Waals surface area contributed by atoms with Crippen LogP contribution in [-0.2, 0) is 4.79 Å². The highest BCUT2D eigenvalue weighted by atomic mass is 35.5. The number of anilines is 1. The number of hydrogen-bond acceptors (Lipinski definition) is 2. The molecule has 0 saturated carbocycles. The Kier molecular flexibility index (Phi) is 6.34. The third kappa shape index (κ3) is 5.08. The van der Waals surface area contributed by atoms with E-state index in [-0.39, 0.29) is 5.91 Å². The number of thioether (sulfide) groups is 1. The van der Waals surface area contributed by atoms with Crippen molar-refractivity contribution in [3.8, 4) is 0 Å². The first-order chi connectivity index (χ1) is 10.6. The molecular weight excluding hydrogens is 314 g/mol. The number of benzene rings is 2. The normalized spacial score (nSPS) is 10.7. The second-order valence-corrected chi connectivity index (χ2v) is 6.90. The van der Waals surface area contributed by atoms with Crippen molar-refractivity contribution in [2.45, 2.75) is 31.1 Å². The third-order valence-corrected chi connectivity index (χ3v) is 4.80. The predicted octanol–water partition coefficient (Wildman–Crippen LogP) is 5.58. The van der Waals surface area contributed by atoms with Crippen LogP contribution in [0.3, 0.4) is 0 Å². The van der Waals surface area contributed by atoms with Crippen LogP contribution in [0.1, 0.15) is 31.7 Å². The van der Waals surface area contributed by atoms with Gasteiger partial charge in [0, 0.05) is 22.8 Å². The minimum atomic E-state index is 0.0249. The lowest BCUT2D eigenvalue weighted by Gasteiger charge is -2.08. The highest BCUT2D eigenvalue weighted by molar-refractivity contribution is 7.99. The first-order valence-electron chi connectivity index (χ1n) is 7.33. The van der Waals surface area contributed by atoms with Crippen molar-refractivity contribution >= 4 is 35.0 Å². The zero-order valence-electron chi connectivity index (χ0n) is 12.8. The molecule has 0 aromatic heterocycles. The molecule has 0 bridgehead atoms. The number of amides is 1. The van der Waals surface area contributed by atoms with Gasteiger partial charge in [0.1, 0.15) is 0 Å². The van der Waals surface area contributed by atoms with Gasteiger partial charge in [-0.05, 0) is 35.7 Å². The molecule has 4 heteroatoms. The first kappa shape index (κ1) is 16.9. The maximum atomic E-state index is 11.9. The largest absolute Gasteiger partial charge is 0.326 e. The Labute approximate surface area is 141 Å². The molecule has 0 aliphatic heterocycles. The van der Waals surface area contributed by atoms with Crippen LogP contribution in [0.25, 0.3) is 0 Å². The molecule has 0 radical (unpaired) electrons. The van der Waals surface area contributed by atoms with Crippen molar-refractivity contribution < 1.29 is 4.79 Å². The summed E-state index contributed by atoms with van der Waals surface area (Å²) in [7, 11) is 0. The lowest BCUT2D eigenvalue weighted by atomic mass is 10.0. The SMILES string of the molecule is CC(C)c1ccc(NC(=O)CCSc2ccccc2Cl)cc1. The standard InChI is InChI=1S/C18H20ClNOS/c1-13(2)14-7-9-15(10-8-14)20-18(21)11-12-22-17-6-4-3-5-16(17)19/h3-10,13H,11-12H2,1-2H3,(H,20,21). The van der Waals surface area contributed by atoms with Gasteiger partial charge in [-0.1, -0.05) is 49.7 Å². The molecule has 2 aromatic carbocycles. The second kappa shape index (κ2) is 8.25. The van der Waals surface area contributed by atoms with E-state index in [0.717, 1.165) is 15.6 Å². The molecular formula is C18H20ClNOS. The molecule has 0 saturated heterocycles. The molecule has 0 unspecified atom stereocenters. The van der Waals surface area contributed by atoms with E-state index < -0.39 is 0 Å². The Hall–Kier alpha value is -1.45. The van der Waals surface area contributed by atoms with E-state index in [1.165, 1.54) is 5.56 Å². The summed E-state index contributed by atoms with van der Waals surface area (Å²) in [4.78, 5) is 13.0. The summed E-state index contributed by atoms with van der Waals surface area (Å²) in [5.74, 6) is 1.23. The van der Waals surface area contributed by atoms with Gasteiger partial charge in [-0.3, -0.25) is 4.79 Å². The number of rotatable bonds is 6. The Balaban J connectivity index is 1.79. The molecule has 0 aliphatic carbocycles. The molecule has 0 atom stereocenters. The minimum Gasteiger partial charge on any atom is -0.326 e. The Morgan fingerprint density at radius 3 is 2.45 bits per heavy atom.